The van der Waals surface area contributed by atoms with Crippen LogP contribution in [0.2, 0.25) is 0 Å². The van der Waals surface area contributed by atoms with Gasteiger partial charge in [-0.05, 0) is 42.0 Å². The number of urea groups is 1. The molecule has 0 fully saturated rings. The molecule has 20 heavy (non-hydrogen) atoms. The summed E-state index contributed by atoms with van der Waals surface area (Å²) in [6, 6.07) is 16.2. The number of hydrogen-bond donors (Lipinski definition) is 3. The summed E-state index contributed by atoms with van der Waals surface area (Å²) in [5.74, 6) is 0. The highest BCUT2D eigenvalue weighted by Crippen LogP contribution is 2.14. The van der Waals surface area contributed by atoms with E-state index in [4.69, 9.17) is 11.0 Å². The fourth-order valence-electron chi connectivity index (χ4n) is 1.71. The Morgan fingerprint density at radius 1 is 1.05 bits per heavy atom. The van der Waals surface area contributed by atoms with Crippen LogP contribution < -0.4 is 16.4 Å². The molecule has 0 aliphatic heterocycles. The largest absolute Gasteiger partial charge is 0.381 e. The summed E-state index contributed by atoms with van der Waals surface area (Å²) in [4.78, 5) is 10.7. The molecule has 2 amide bonds. The van der Waals surface area contributed by atoms with Crippen molar-refractivity contribution in [2.24, 2.45) is 5.73 Å². The molecule has 0 saturated heterocycles. The van der Waals surface area contributed by atoms with E-state index in [1.54, 1.807) is 24.3 Å². The molecular formula is C15H14N4O. The second-order valence-corrected chi connectivity index (χ2v) is 4.23. The SMILES string of the molecule is N#Cc1ccc(CNc2ccc(NC(N)=O)cc2)cc1. The van der Waals surface area contributed by atoms with Crippen LogP contribution >= 0.6 is 0 Å². The van der Waals surface area contributed by atoms with Crippen LogP contribution in [-0.2, 0) is 6.54 Å². The highest BCUT2D eigenvalue weighted by atomic mass is 16.2. The Kier molecular flexibility index (Phi) is 4.20. The summed E-state index contributed by atoms with van der Waals surface area (Å²) >= 11 is 0. The van der Waals surface area contributed by atoms with Crippen LogP contribution in [-0.4, -0.2) is 6.03 Å². The molecule has 0 heterocycles. The van der Waals surface area contributed by atoms with Gasteiger partial charge in [0.25, 0.3) is 0 Å². The summed E-state index contributed by atoms with van der Waals surface area (Å²) in [6.07, 6.45) is 0. The Bertz CT molecular complexity index is 626. The van der Waals surface area contributed by atoms with Gasteiger partial charge in [-0.2, -0.15) is 5.26 Å². The number of anilines is 2. The number of rotatable bonds is 4. The van der Waals surface area contributed by atoms with Gasteiger partial charge in [-0.15, -0.1) is 0 Å². The third kappa shape index (κ3) is 3.75. The van der Waals surface area contributed by atoms with E-state index in [0.717, 1.165) is 11.3 Å². The number of nitriles is 1. The van der Waals surface area contributed by atoms with E-state index in [1.165, 1.54) is 0 Å². The van der Waals surface area contributed by atoms with Crippen LogP contribution in [0.1, 0.15) is 11.1 Å². The molecule has 0 bridgehead atoms. The first kappa shape index (κ1) is 13.4. The van der Waals surface area contributed by atoms with E-state index >= 15 is 0 Å². The van der Waals surface area contributed by atoms with Gasteiger partial charge >= 0.3 is 6.03 Å². The first-order valence-electron chi connectivity index (χ1n) is 6.07. The van der Waals surface area contributed by atoms with Crippen molar-refractivity contribution in [1.29, 1.82) is 5.26 Å². The Morgan fingerprint density at radius 2 is 1.65 bits per heavy atom. The molecule has 0 radical (unpaired) electrons. The van der Waals surface area contributed by atoms with E-state index in [0.29, 0.717) is 17.8 Å². The number of nitrogens with one attached hydrogen (secondary N) is 2. The summed E-state index contributed by atoms with van der Waals surface area (Å²) in [5.41, 5.74) is 8.36. The van der Waals surface area contributed by atoms with Gasteiger partial charge in [-0.25, -0.2) is 4.79 Å². The lowest BCUT2D eigenvalue weighted by atomic mass is 10.1. The molecule has 100 valence electrons. The number of hydrogen-bond acceptors (Lipinski definition) is 3. The first-order chi connectivity index (χ1) is 9.67. The Morgan fingerprint density at radius 3 is 2.20 bits per heavy atom. The average molecular weight is 266 g/mol. The van der Waals surface area contributed by atoms with E-state index in [9.17, 15) is 4.79 Å². The van der Waals surface area contributed by atoms with Gasteiger partial charge in [-0.1, -0.05) is 12.1 Å². The van der Waals surface area contributed by atoms with Gasteiger partial charge < -0.3 is 16.4 Å². The van der Waals surface area contributed by atoms with Gasteiger partial charge in [0.15, 0.2) is 0 Å². The zero-order valence-corrected chi connectivity index (χ0v) is 10.8. The summed E-state index contributed by atoms with van der Waals surface area (Å²) in [7, 11) is 0. The minimum atomic E-state index is -0.580. The van der Waals surface area contributed by atoms with Crippen molar-refractivity contribution in [2.75, 3.05) is 10.6 Å². The van der Waals surface area contributed by atoms with Crippen molar-refractivity contribution in [3.8, 4) is 6.07 Å². The van der Waals surface area contributed by atoms with Crippen molar-refractivity contribution < 1.29 is 4.79 Å². The van der Waals surface area contributed by atoms with Crippen molar-refractivity contribution in [3.63, 3.8) is 0 Å². The number of carbonyl (C=O) groups is 1. The standard InChI is InChI=1S/C15H14N4O/c16-9-11-1-3-12(4-2-11)10-18-13-5-7-14(8-6-13)19-15(17)20/h1-8,18H,10H2,(H3,17,19,20). The number of primary amides is 1. The Balaban J connectivity index is 1.93. The fraction of sp³-hybridized carbons (Fsp3) is 0.0667. The lowest BCUT2D eigenvalue weighted by Crippen LogP contribution is -2.19. The average Bonchev–Trinajstić information content (AvgIpc) is 2.46. The Labute approximate surface area is 117 Å². The number of carbonyl (C=O) groups excluding carboxylic acids is 1. The molecule has 0 saturated carbocycles. The van der Waals surface area contributed by atoms with Gasteiger partial charge in [0.05, 0.1) is 11.6 Å². The monoisotopic (exact) mass is 266 g/mol. The van der Waals surface area contributed by atoms with E-state index in [-0.39, 0.29) is 0 Å². The zero-order chi connectivity index (χ0) is 14.4. The van der Waals surface area contributed by atoms with Crippen molar-refractivity contribution >= 4 is 17.4 Å². The molecule has 0 spiro atoms. The Hall–Kier alpha value is -3.00. The summed E-state index contributed by atoms with van der Waals surface area (Å²) in [6.45, 7) is 0.661. The molecule has 2 aromatic carbocycles. The predicted molar refractivity (Wildman–Crippen MR) is 78.1 cm³/mol. The molecule has 2 aromatic rings. The van der Waals surface area contributed by atoms with E-state index < -0.39 is 6.03 Å². The highest BCUT2D eigenvalue weighted by Gasteiger charge is 1.98. The molecule has 2 rings (SSSR count). The minimum Gasteiger partial charge on any atom is -0.381 e. The summed E-state index contributed by atoms with van der Waals surface area (Å²) < 4.78 is 0. The number of benzene rings is 2. The molecule has 0 aliphatic rings. The van der Waals surface area contributed by atoms with Gasteiger partial charge in [0, 0.05) is 17.9 Å². The van der Waals surface area contributed by atoms with Crippen LogP contribution in [0.5, 0.6) is 0 Å². The summed E-state index contributed by atoms with van der Waals surface area (Å²) in [5, 5.41) is 14.5. The maximum Gasteiger partial charge on any atom is 0.316 e. The molecule has 4 N–H and O–H groups in total. The maximum absolute atomic E-state index is 10.7. The molecular weight excluding hydrogens is 252 g/mol. The van der Waals surface area contributed by atoms with Crippen molar-refractivity contribution in [2.45, 2.75) is 6.54 Å². The smallest absolute Gasteiger partial charge is 0.316 e. The van der Waals surface area contributed by atoms with Gasteiger partial charge in [0.2, 0.25) is 0 Å². The van der Waals surface area contributed by atoms with Crippen LogP contribution in [0.25, 0.3) is 0 Å². The molecule has 0 unspecified atom stereocenters. The molecule has 5 nitrogen and oxygen atoms in total. The first-order valence-corrected chi connectivity index (χ1v) is 6.07. The van der Waals surface area contributed by atoms with Gasteiger partial charge in [-0.3, -0.25) is 0 Å². The van der Waals surface area contributed by atoms with Crippen LogP contribution in [0.3, 0.4) is 0 Å². The number of amides is 2. The van der Waals surface area contributed by atoms with Crippen molar-refractivity contribution in [1.82, 2.24) is 0 Å². The van der Waals surface area contributed by atoms with Crippen LogP contribution in [0.15, 0.2) is 48.5 Å². The van der Waals surface area contributed by atoms with Gasteiger partial charge in [0.1, 0.15) is 0 Å². The van der Waals surface area contributed by atoms with Crippen LogP contribution in [0, 0.1) is 11.3 Å². The lowest BCUT2D eigenvalue weighted by molar-refractivity contribution is 0.259. The second-order valence-electron chi connectivity index (χ2n) is 4.23. The molecule has 0 aromatic heterocycles. The number of nitrogens with two attached hydrogens (primary N) is 1. The predicted octanol–water partition coefficient (Wildman–Crippen LogP) is 2.66. The quantitative estimate of drug-likeness (QED) is 0.794. The molecule has 5 heteroatoms. The lowest BCUT2D eigenvalue weighted by Gasteiger charge is -2.08. The maximum atomic E-state index is 10.7. The highest BCUT2D eigenvalue weighted by molar-refractivity contribution is 5.87. The zero-order valence-electron chi connectivity index (χ0n) is 10.8. The molecule has 0 aliphatic carbocycles. The third-order valence-corrected chi connectivity index (χ3v) is 2.73. The van der Waals surface area contributed by atoms with E-state index in [1.807, 2.05) is 24.3 Å². The number of nitrogens with zero attached hydrogens (tertiary/aromatic N) is 1. The fourth-order valence-corrected chi connectivity index (χ4v) is 1.71. The van der Waals surface area contributed by atoms with Crippen LogP contribution in [0.4, 0.5) is 16.2 Å². The van der Waals surface area contributed by atoms with E-state index in [2.05, 4.69) is 16.7 Å². The third-order valence-electron chi connectivity index (χ3n) is 2.73. The van der Waals surface area contributed by atoms with Crippen molar-refractivity contribution in [3.05, 3.63) is 59.7 Å². The topological polar surface area (TPSA) is 90.9 Å². The molecule has 0 atom stereocenters. The normalized spacial score (nSPS) is 9.55. The minimum absolute atomic E-state index is 0.580. The second kappa shape index (κ2) is 6.25.